The van der Waals surface area contributed by atoms with Crippen LogP contribution in [0.2, 0.25) is 0 Å². The number of amides is 2. The van der Waals surface area contributed by atoms with E-state index in [1.807, 2.05) is 31.2 Å². The lowest BCUT2D eigenvalue weighted by molar-refractivity contribution is -0.136. The molecule has 0 aliphatic carbocycles. The number of nitrogens with one attached hydrogen (secondary N) is 1. The molecule has 2 amide bonds. The zero-order valence-electron chi connectivity index (χ0n) is 15.9. The van der Waals surface area contributed by atoms with Gasteiger partial charge in [0.2, 0.25) is 0 Å². The summed E-state index contributed by atoms with van der Waals surface area (Å²) in [5.74, 6) is 0.151. The monoisotopic (exact) mass is 364 g/mol. The third-order valence-corrected chi connectivity index (χ3v) is 4.63. The molecule has 0 saturated carbocycles. The van der Waals surface area contributed by atoms with E-state index in [-0.39, 0.29) is 11.8 Å². The second-order valence-electron chi connectivity index (χ2n) is 6.42. The molecule has 0 radical (unpaired) electrons. The first-order chi connectivity index (χ1) is 13.1. The summed E-state index contributed by atoms with van der Waals surface area (Å²) in [4.78, 5) is 27.1. The number of hydrogen-bond donors (Lipinski definition) is 1. The van der Waals surface area contributed by atoms with E-state index in [2.05, 4.69) is 12.2 Å². The predicted octanol–water partition coefficient (Wildman–Crippen LogP) is 3.86. The summed E-state index contributed by atoms with van der Waals surface area (Å²) in [6, 6.07) is 15.1. The minimum Gasteiger partial charge on any atom is -0.497 e. The molecule has 5 nitrogen and oxygen atoms in total. The molecule has 0 bridgehead atoms. The van der Waals surface area contributed by atoms with Gasteiger partial charge in [0.1, 0.15) is 11.4 Å². The molecule has 27 heavy (non-hydrogen) atoms. The first-order valence-electron chi connectivity index (χ1n) is 9.19. The van der Waals surface area contributed by atoms with Crippen molar-refractivity contribution in [3.63, 3.8) is 0 Å². The summed E-state index contributed by atoms with van der Waals surface area (Å²) >= 11 is 0. The molecule has 2 aromatic rings. The van der Waals surface area contributed by atoms with E-state index in [0.29, 0.717) is 35.5 Å². The van der Waals surface area contributed by atoms with Gasteiger partial charge in [0, 0.05) is 12.2 Å². The number of nitrogens with zero attached hydrogens (tertiary/aromatic N) is 1. The molecule has 1 aliphatic heterocycles. The van der Waals surface area contributed by atoms with Crippen LogP contribution in [0.4, 0.5) is 5.69 Å². The van der Waals surface area contributed by atoms with Crippen LogP contribution in [0, 0.1) is 0 Å². The fraction of sp³-hybridized carbons (Fsp3) is 0.273. The summed E-state index contributed by atoms with van der Waals surface area (Å²) in [7, 11) is 1.59. The Morgan fingerprint density at radius 1 is 0.926 bits per heavy atom. The average Bonchev–Trinajstić information content (AvgIpc) is 2.93. The maximum Gasteiger partial charge on any atom is 0.278 e. The Labute approximate surface area is 159 Å². The van der Waals surface area contributed by atoms with E-state index in [4.69, 9.17) is 4.74 Å². The standard InChI is InChI=1S/C22H24N2O3/c1-4-14-24-21(25)19(16-8-12-18(27-3)13-9-16)20(22(24)26)23-17-10-6-15(5-2)7-11-17/h6-13,23H,4-5,14H2,1-3H3. The smallest absolute Gasteiger partial charge is 0.278 e. The fourth-order valence-electron chi connectivity index (χ4n) is 3.11. The normalized spacial score (nSPS) is 14.1. The molecule has 0 fully saturated rings. The zero-order valence-corrected chi connectivity index (χ0v) is 15.9. The molecule has 0 unspecified atom stereocenters. The highest BCUT2D eigenvalue weighted by Crippen LogP contribution is 2.31. The van der Waals surface area contributed by atoms with Crippen LogP contribution in [0.3, 0.4) is 0 Å². The van der Waals surface area contributed by atoms with Crippen LogP contribution in [0.25, 0.3) is 5.57 Å². The van der Waals surface area contributed by atoms with Crippen LogP contribution in [-0.2, 0) is 16.0 Å². The Bertz CT molecular complexity index is 867. The summed E-state index contributed by atoms with van der Waals surface area (Å²) < 4.78 is 5.19. The molecule has 0 aromatic heterocycles. The molecule has 140 valence electrons. The van der Waals surface area contributed by atoms with E-state index in [0.717, 1.165) is 12.1 Å². The van der Waals surface area contributed by atoms with E-state index in [1.54, 1.807) is 31.4 Å². The summed E-state index contributed by atoms with van der Waals surface area (Å²) in [6.07, 6.45) is 1.66. The minimum absolute atomic E-state index is 0.264. The highest BCUT2D eigenvalue weighted by molar-refractivity contribution is 6.36. The van der Waals surface area contributed by atoms with Gasteiger partial charge in [-0.3, -0.25) is 14.5 Å². The quantitative estimate of drug-likeness (QED) is 0.758. The third kappa shape index (κ3) is 3.72. The Balaban J connectivity index is 2.01. The van der Waals surface area contributed by atoms with Crippen molar-refractivity contribution in [3.8, 4) is 5.75 Å². The van der Waals surface area contributed by atoms with Crippen molar-refractivity contribution >= 4 is 23.1 Å². The summed E-state index contributed by atoms with van der Waals surface area (Å²) in [5, 5.41) is 3.17. The lowest BCUT2D eigenvalue weighted by Crippen LogP contribution is -2.33. The first-order valence-corrected chi connectivity index (χ1v) is 9.19. The Morgan fingerprint density at radius 3 is 2.15 bits per heavy atom. The predicted molar refractivity (Wildman–Crippen MR) is 106 cm³/mol. The van der Waals surface area contributed by atoms with Gasteiger partial charge in [0.15, 0.2) is 0 Å². The lowest BCUT2D eigenvalue weighted by atomic mass is 10.0. The van der Waals surface area contributed by atoms with Crippen molar-refractivity contribution in [1.29, 1.82) is 0 Å². The largest absolute Gasteiger partial charge is 0.497 e. The molecule has 0 atom stereocenters. The molecule has 1 heterocycles. The highest BCUT2D eigenvalue weighted by Gasteiger charge is 2.38. The topological polar surface area (TPSA) is 58.6 Å². The minimum atomic E-state index is -0.285. The molecule has 1 N–H and O–H groups in total. The Morgan fingerprint density at radius 2 is 1.59 bits per heavy atom. The van der Waals surface area contributed by atoms with Crippen molar-refractivity contribution in [2.24, 2.45) is 0 Å². The van der Waals surface area contributed by atoms with Gasteiger partial charge in [-0.25, -0.2) is 0 Å². The van der Waals surface area contributed by atoms with E-state index in [9.17, 15) is 9.59 Å². The van der Waals surface area contributed by atoms with Crippen molar-refractivity contribution in [2.75, 3.05) is 19.0 Å². The van der Waals surface area contributed by atoms with Crippen LogP contribution < -0.4 is 10.1 Å². The summed E-state index contributed by atoms with van der Waals surface area (Å²) in [5.41, 5.74) is 3.41. The van der Waals surface area contributed by atoms with E-state index < -0.39 is 0 Å². The van der Waals surface area contributed by atoms with Gasteiger partial charge >= 0.3 is 0 Å². The molecular weight excluding hydrogens is 340 g/mol. The number of rotatable bonds is 7. The maximum absolute atomic E-state index is 12.9. The number of ether oxygens (including phenoxy) is 1. The number of carbonyl (C=O) groups excluding carboxylic acids is 2. The average molecular weight is 364 g/mol. The number of benzene rings is 2. The molecule has 5 heteroatoms. The van der Waals surface area contributed by atoms with E-state index >= 15 is 0 Å². The van der Waals surface area contributed by atoms with Crippen LogP contribution in [0.1, 0.15) is 31.4 Å². The van der Waals surface area contributed by atoms with Crippen molar-refractivity contribution in [1.82, 2.24) is 4.90 Å². The molecule has 3 rings (SSSR count). The number of imide groups is 1. The van der Waals surface area contributed by atoms with Crippen molar-refractivity contribution < 1.29 is 14.3 Å². The second-order valence-corrected chi connectivity index (χ2v) is 6.42. The van der Waals surface area contributed by atoms with Gasteiger partial charge in [-0.05, 0) is 48.2 Å². The Kier molecular flexibility index (Phi) is 5.60. The molecule has 0 saturated heterocycles. The number of aryl methyl sites for hydroxylation is 1. The van der Waals surface area contributed by atoms with Gasteiger partial charge in [0.25, 0.3) is 11.8 Å². The molecular formula is C22H24N2O3. The molecule has 1 aliphatic rings. The molecule has 0 spiro atoms. The van der Waals surface area contributed by atoms with Gasteiger partial charge in [0.05, 0.1) is 12.7 Å². The second kappa shape index (κ2) is 8.08. The van der Waals surface area contributed by atoms with Crippen molar-refractivity contribution in [3.05, 3.63) is 65.4 Å². The van der Waals surface area contributed by atoms with Crippen molar-refractivity contribution in [2.45, 2.75) is 26.7 Å². The lowest BCUT2D eigenvalue weighted by Gasteiger charge is -2.13. The van der Waals surface area contributed by atoms with Crippen LogP contribution in [-0.4, -0.2) is 30.4 Å². The number of carbonyl (C=O) groups is 2. The van der Waals surface area contributed by atoms with E-state index in [1.165, 1.54) is 10.5 Å². The van der Waals surface area contributed by atoms with Gasteiger partial charge in [-0.2, -0.15) is 0 Å². The SMILES string of the molecule is CCCN1C(=O)C(Nc2ccc(CC)cc2)=C(c2ccc(OC)cc2)C1=O. The number of anilines is 1. The van der Waals surface area contributed by atoms with Gasteiger partial charge in [-0.1, -0.05) is 38.1 Å². The maximum atomic E-state index is 12.9. The number of hydrogen-bond acceptors (Lipinski definition) is 4. The fourth-order valence-corrected chi connectivity index (χ4v) is 3.11. The van der Waals surface area contributed by atoms with Crippen LogP contribution >= 0.6 is 0 Å². The summed E-state index contributed by atoms with van der Waals surface area (Å²) in [6.45, 7) is 4.44. The Hall–Kier alpha value is -3.08. The van der Waals surface area contributed by atoms with Crippen LogP contribution in [0.5, 0.6) is 5.75 Å². The third-order valence-electron chi connectivity index (χ3n) is 4.63. The highest BCUT2D eigenvalue weighted by atomic mass is 16.5. The zero-order chi connectivity index (χ0) is 19.4. The van der Waals surface area contributed by atoms with Gasteiger partial charge in [-0.15, -0.1) is 0 Å². The van der Waals surface area contributed by atoms with Crippen LogP contribution in [0.15, 0.2) is 54.2 Å². The first kappa shape index (κ1) is 18.7. The molecule has 2 aromatic carbocycles. The van der Waals surface area contributed by atoms with Gasteiger partial charge < -0.3 is 10.1 Å². The number of methoxy groups -OCH3 is 1.